The summed E-state index contributed by atoms with van der Waals surface area (Å²) in [5.41, 5.74) is 1.42. The van der Waals surface area contributed by atoms with Crippen molar-refractivity contribution in [2.24, 2.45) is 10.7 Å². The van der Waals surface area contributed by atoms with Crippen molar-refractivity contribution < 1.29 is 57.3 Å². The topological polar surface area (TPSA) is 167 Å². The van der Waals surface area contributed by atoms with Crippen LogP contribution in [0.1, 0.15) is 88.7 Å². The first-order chi connectivity index (χ1) is 30.7. The molecule has 3 aliphatic carbocycles. The Morgan fingerprint density at radius 1 is 1.06 bits per heavy atom. The summed E-state index contributed by atoms with van der Waals surface area (Å²) in [4.78, 5) is 22.3. The molecule has 1 amide bonds. The number of allylic oxidation sites excluding steroid dienone is 2. The summed E-state index contributed by atoms with van der Waals surface area (Å²) in [7, 11) is -3.58. The Morgan fingerprint density at radius 3 is 2.32 bits per heavy atom. The van der Waals surface area contributed by atoms with Crippen molar-refractivity contribution in [1.29, 1.82) is 0 Å². The van der Waals surface area contributed by atoms with Crippen LogP contribution in [0.2, 0.25) is 5.02 Å². The van der Waals surface area contributed by atoms with Crippen molar-refractivity contribution in [1.82, 2.24) is 20.1 Å². The van der Waals surface area contributed by atoms with E-state index in [4.69, 9.17) is 22.3 Å². The van der Waals surface area contributed by atoms with Crippen molar-refractivity contribution >= 4 is 61.1 Å². The molecule has 0 spiro atoms. The molecule has 0 aliphatic heterocycles. The van der Waals surface area contributed by atoms with E-state index in [-0.39, 0.29) is 62.7 Å². The van der Waals surface area contributed by atoms with E-state index in [2.05, 4.69) is 20.1 Å². The van der Waals surface area contributed by atoms with E-state index in [1.807, 2.05) is 0 Å². The first-order valence-corrected chi connectivity index (χ1v) is 23.9. The SMILES string of the molecule is CC1([S+]([O-])Nc2nn(CC(F)F)c3c(-c4ccc(CCC(C)(C)S(=O)(=O)C5CC5)nc4[C@H](Cc4cc(F)cc(F)c4)NC(=O)CN=C4C(=C(N)C(F)(F)F)CCC4(F)F)ccc(Cl)c23)CC1. The molecule has 3 fully saturated rings. The summed E-state index contributed by atoms with van der Waals surface area (Å²) in [6.07, 6.45) is -8.12. The maximum absolute atomic E-state index is 15.0. The number of nitrogens with two attached hydrogens (primary N) is 1. The number of pyridine rings is 1. The number of hydrogen-bond donors (Lipinski definition) is 3. The van der Waals surface area contributed by atoms with Crippen LogP contribution in [0.25, 0.3) is 22.0 Å². The molecule has 7 rings (SSSR count). The van der Waals surface area contributed by atoms with E-state index < -0.39 is 127 Å². The molecule has 66 heavy (non-hydrogen) atoms. The predicted octanol–water partition coefficient (Wildman–Crippen LogP) is 9.26. The van der Waals surface area contributed by atoms with Gasteiger partial charge < -0.3 is 15.6 Å². The van der Waals surface area contributed by atoms with Gasteiger partial charge in [0.25, 0.3) is 12.3 Å². The Morgan fingerprint density at radius 2 is 1.71 bits per heavy atom. The molecule has 2 aromatic carbocycles. The molecule has 2 aromatic heterocycles. The summed E-state index contributed by atoms with van der Waals surface area (Å²) < 4.78 is 171. The second-order valence-electron chi connectivity index (χ2n) is 17.7. The van der Waals surface area contributed by atoms with Gasteiger partial charge in [0.15, 0.2) is 9.84 Å². The third-order valence-corrected chi connectivity index (χ3v) is 17.2. The zero-order chi connectivity index (χ0) is 48.3. The quantitative estimate of drug-likeness (QED) is 0.0696. The van der Waals surface area contributed by atoms with Gasteiger partial charge in [-0.2, -0.15) is 26.7 Å². The molecule has 0 saturated heterocycles. The number of amides is 1. The third kappa shape index (κ3) is 10.4. The zero-order valence-corrected chi connectivity index (χ0v) is 38.0. The number of nitrogens with zero attached hydrogens (tertiary/aromatic N) is 4. The lowest BCUT2D eigenvalue weighted by Gasteiger charge is -2.26. The molecule has 2 atom stereocenters. The van der Waals surface area contributed by atoms with Crippen LogP contribution in [0.4, 0.5) is 45.3 Å². The first-order valence-electron chi connectivity index (χ1n) is 20.8. The molecule has 4 N–H and O–H groups in total. The highest BCUT2D eigenvalue weighted by Gasteiger charge is 2.51. The zero-order valence-electron chi connectivity index (χ0n) is 35.6. The Bertz CT molecular complexity index is 2700. The van der Waals surface area contributed by atoms with Crippen LogP contribution in [0.3, 0.4) is 0 Å². The molecular weight excluding hydrogens is 949 g/mol. The fraction of sp³-hybridized carbons (Fsp3) is 0.488. The van der Waals surface area contributed by atoms with Crippen molar-refractivity contribution in [3.63, 3.8) is 0 Å². The number of rotatable bonds is 17. The number of aryl methyl sites for hydroxylation is 1. The lowest BCUT2D eigenvalue weighted by molar-refractivity contribution is -0.120. The average molecular weight is 994 g/mol. The van der Waals surface area contributed by atoms with Crippen molar-refractivity contribution in [3.8, 4) is 11.1 Å². The number of benzene rings is 2. The fourth-order valence-corrected chi connectivity index (χ4v) is 11.2. The summed E-state index contributed by atoms with van der Waals surface area (Å²) in [5, 5.41) is 6.53. The molecular formula is C43H45ClF9N7O4S2. The van der Waals surface area contributed by atoms with E-state index in [0.29, 0.717) is 31.7 Å². The maximum atomic E-state index is 15.0. The number of alkyl halides is 7. The molecule has 3 aliphatic rings. The minimum Gasteiger partial charge on any atom is -0.593 e. The molecule has 358 valence electrons. The van der Waals surface area contributed by atoms with Crippen LogP contribution < -0.4 is 15.8 Å². The number of sulfone groups is 1. The van der Waals surface area contributed by atoms with E-state index >= 15 is 0 Å². The average Bonchev–Trinajstić information content (AvgIpc) is 4.15. The summed E-state index contributed by atoms with van der Waals surface area (Å²) >= 11 is 4.98. The van der Waals surface area contributed by atoms with Gasteiger partial charge in [0.2, 0.25) is 11.7 Å². The number of hydrogen-bond acceptors (Lipinski definition) is 9. The normalized spacial score (nSPS) is 19.7. The Labute approximate surface area is 382 Å². The Kier molecular flexibility index (Phi) is 13.6. The second kappa shape index (κ2) is 18.2. The van der Waals surface area contributed by atoms with Gasteiger partial charge in [-0.3, -0.25) is 19.5 Å². The number of nitrogens with one attached hydrogen (secondary N) is 2. The lowest BCUT2D eigenvalue weighted by Crippen LogP contribution is -2.35. The Hall–Kier alpha value is -4.54. The van der Waals surface area contributed by atoms with Gasteiger partial charge >= 0.3 is 6.18 Å². The van der Waals surface area contributed by atoms with Crippen LogP contribution in [-0.4, -0.2) is 79.2 Å². The van der Waals surface area contributed by atoms with Gasteiger partial charge in [-0.15, -0.1) is 5.10 Å². The van der Waals surface area contributed by atoms with Gasteiger partial charge in [-0.05, 0) is 89.1 Å². The molecule has 0 radical (unpaired) electrons. The minimum absolute atomic E-state index is 0.00554. The monoisotopic (exact) mass is 993 g/mol. The van der Waals surface area contributed by atoms with Crippen molar-refractivity contribution in [3.05, 3.63) is 87.3 Å². The van der Waals surface area contributed by atoms with Crippen LogP contribution in [-0.2, 0) is 45.4 Å². The summed E-state index contributed by atoms with van der Waals surface area (Å²) in [6.45, 7) is 2.76. The number of halogens is 10. The number of aromatic nitrogens is 3. The smallest absolute Gasteiger partial charge is 0.431 e. The number of carbonyl (C=O) groups excluding carboxylic acids is 1. The van der Waals surface area contributed by atoms with Crippen molar-refractivity contribution in [2.75, 3.05) is 11.3 Å². The number of aliphatic imine (C=N–C) groups is 1. The molecule has 2 heterocycles. The molecule has 23 heteroatoms. The van der Waals surface area contributed by atoms with Crippen LogP contribution in [0.15, 0.2) is 58.7 Å². The number of carbonyl (C=O) groups is 1. The number of anilines is 1. The van der Waals surface area contributed by atoms with Crippen LogP contribution in [0.5, 0.6) is 0 Å². The summed E-state index contributed by atoms with van der Waals surface area (Å²) in [5.74, 6) is -7.15. The van der Waals surface area contributed by atoms with E-state index in [1.165, 1.54) is 24.3 Å². The standard InChI is InChI=1S/C43H45ClF9N7O4S2/c1-40(2,66(63,64)26-5-6-26)12-10-25-4-7-27(28-8-9-30(44)34-36(28)60(21-32(47)48)58-39(34)59-65(62)41(3)14-15-41)35(56-25)31(18-22-16-23(45)19-24(46)17-22)57-33(61)20-55-38-29(11-13-42(38,49)50)37(54)43(51,52)53/h4,7-9,16-17,19,26,31-32H,5-6,10-15,18,20-21,54H2,1-3H3,(H,57,61)(H,58,59)/t31-,65?/m0/s1. The van der Waals surface area contributed by atoms with Gasteiger partial charge in [-0.25, -0.2) is 26.0 Å². The Balaban J connectivity index is 1.38. The largest absolute Gasteiger partial charge is 0.593 e. The molecule has 3 saturated carbocycles. The second-order valence-corrected chi connectivity index (χ2v) is 22.7. The highest BCUT2D eigenvalue weighted by Crippen LogP contribution is 2.46. The predicted molar refractivity (Wildman–Crippen MR) is 232 cm³/mol. The molecule has 4 aromatic rings. The van der Waals surface area contributed by atoms with Gasteiger partial charge in [0.05, 0.1) is 49.0 Å². The fourth-order valence-electron chi connectivity index (χ4n) is 7.91. The molecule has 1 unspecified atom stereocenters. The van der Waals surface area contributed by atoms with E-state index in [9.17, 15) is 57.3 Å². The number of fused-ring (bicyclic) bond motifs is 1. The first kappa shape index (κ1) is 49.4. The molecule has 0 bridgehead atoms. The van der Waals surface area contributed by atoms with Crippen LogP contribution >= 0.6 is 11.6 Å². The highest BCUT2D eigenvalue weighted by atomic mass is 35.5. The van der Waals surface area contributed by atoms with Gasteiger partial charge in [-0.1, -0.05) is 23.7 Å². The lowest BCUT2D eigenvalue weighted by atomic mass is 9.93. The van der Waals surface area contributed by atoms with E-state index in [0.717, 1.165) is 16.8 Å². The van der Waals surface area contributed by atoms with Gasteiger partial charge in [0, 0.05) is 47.7 Å². The van der Waals surface area contributed by atoms with Gasteiger partial charge in [0.1, 0.15) is 40.9 Å². The van der Waals surface area contributed by atoms with E-state index in [1.54, 1.807) is 20.8 Å². The third-order valence-electron chi connectivity index (χ3n) is 12.1. The van der Waals surface area contributed by atoms with Crippen molar-refractivity contribution in [2.45, 2.75) is 124 Å². The molecule has 11 nitrogen and oxygen atoms in total. The maximum Gasteiger partial charge on any atom is 0.431 e. The highest BCUT2D eigenvalue weighted by molar-refractivity contribution is 7.94. The minimum atomic E-state index is -5.18. The van der Waals surface area contributed by atoms with Crippen LogP contribution in [0, 0.1) is 11.6 Å². The summed E-state index contributed by atoms with van der Waals surface area (Å²) in [6, 6.07) is 6.89.